The zero-order valence-corrected chi connectivity index (χ0v) is 24.4. The topological polar surface area (TPSA) is 102 Å². The summed E-state index contributed by atoms with van der Waals surface area (Å²) in [5.41, 5.74) is 2.63. The molecule has 0 aliphatic carbocycles. The van der Waals surface area contributed by atoms with E-state index in [9.17, 15) is 27.6 Å². The number of halogens is 3. The molecule has 2 aromatic heterocycles. The van der Waals surface area contributed by atoms with Gasteiger partial charge in [-0.2, -0.15) is 13.2 Å². The number of likely N-dealkylation sites (tertiary alicyclic amines) is 2. The number of carbonyl (C=O) groups excluding carboxylic acids is 2. The molecule has 1 atom stereocenters. The molecule has 2 saturated heterocycles. The quantitative estimate of drug-likeness (QED) is 0.283. The third-order valence-electron chi connectivity index (χ3n) is 8.84. The van der Waals surface area contributed by atoms with Crippen LogP contribution in [0.15, 0.2) is 57.9 Å². The summed E-state index contributed by atoms with van der Waals surface area (Å²) in [6.45, 7) is 5.40. The second kappa shape index (κ2) is 11.5. The van der Waals surface area contributed by atoms with E-state index in [-0.39, 0.29) is 24.3 Å². The molecule has 2 amide bonds. The third kappa shape index (κ3) is 5.72. The van der Waals surface area contributed by atoms with Crippen molar-refractivity contribution in [1.29, 1.82) is 0 Å². The molecule has 6 rings (SSSR count). The number of carbonyl (C=O) groups is 2. The van der Waals surface area contributed by atoms with Gasteiger partial charge >= 0.3 is 11.8 Å². The van der Waals surface area contributed by atoms with Crippen LogP contribution in [-0.4, -0.2) is 62.3 Å². The van der Waals surface area contributed by atoms with Crippen LogP contribution < -0.4 is 5.63 Å². The molecule has 1 unspecified atom stereocenters. The summed E-state index contributed by atoms with van der Waals surface area (Å²) in [5.74, 6) is -0.109. The molecule has 9 nitrogen and oxygen atoms in total. The fourth-order valence-corrected chi connectivity index (χ4v) is 6.29. The van der Waals surface area contributed by atoms with Gasteiger partial charge in [-0.25, -0.2) is 9.48 Å². The van der Waals surface area contributed by atoms with Gasteiger partial charge in [-0.15, -0.1) is 5.10 Å². The van der Waals surface area contributed by atoms with Crippen molar-refractivity contribution in [1.82, 2.24) is 24.8 Å². The predicted molar refractivity (Wildman–Crippen MR) is 156 cm³/mol. The van der Waals surface area contributed by atoms with Crippen LogP contribution in [-0.2, 0) is 22.2 Å². The van der Waals surface area contributed by atoms with E-state index in [1.54, 1.807) is 11.1 Å². The van der Waals surface area contributed by atoms with E-state index in [4.69, 9.17) is 4.42 Å². The van der Waals surface area contributed by atoms with Crippen molar-refractivity contribution in [2.75, 3.05) is 19.6 Å². The van der Waals surface area contributed by atoms with E-state index < -0.39 is 23.4 Å². The zero-order valence-electron chi connectivity index (χ0n) is 24.4. The summed E-state index contributed by atoms with van der Waals surface area (Å²) in [5, 5.41) is 9.06. The first kappa shape index (κ1) is 29.6. The van der Waals surface area contributed by atoms with Crippen LogP contribution in [0.25, 0.3) is 22.2 Å². The average Bonchev–Trinajstić information content (AvgIpc) is 3.63. The maximum atomic E-state index is 13.3. The molecular formula is C32H32F3N5O4. The summed E-state index contributed by atoms with van der Waals surface area (Å²) in [4.78, 5) is 42.7. The minimum atomic E-state index is -4.42. The van der Waals surface area contributed by atoms with Gasteiger partial charge in [-0.05, 0) is 68.9 Å². The Morgan fingerprint density at radius 3 is 2.43 bits per heavy atom. The molecule has 44 heavy (non-hydrogen) atoms. The first-order valence-corrected chi connectivity index (χ1v) is 14.7. The van der Waals surface area contributed by atoms with Crippen LogP contribution in [0.3, 0.4) is 0 Å². The highest BCUT2D eigenvalue weighted by atomic mass is 19.4. The van der Waals surface area contributed by atoms with E-state index in [0.29, 0.717) is 67.7 Å². The molecule has 2 aromatic carbocycles. The molecule has 0 N–H and O–H groups in total. The second-order valence-electron chi connectivity index (χ2n) is 11.6. The van der Waals surface area contributed by atoms with Crippen molar-refractivity contribution >= 4 is 22.8 Å². The summed E-state index contributed by atoms with van der Waals surface area (Å²) in [7, 11) is 0. The van der Waals surface area contributed by atoms with Gasteiger partial charge in [0, 0.05) is 48.6 Å². The molecule has 2 fully saturated rings. The van der Waals surface area contributed by atoms with E-state index in [1.807, 2.05) is 36.9 Å². The monoisotopic (exact) mass is 607 g/mol. The normalized spacial score (nSPS) is 18.0. The number of benzene rings is 2. The standard InChI is InChI=1S/C32H32F3N5O4/c1-19-3-8-24-20(2)25(31(43)44-28(24)17-19)9-10-29(41)38-14-11-23(12-15-38)39-16-13-27(30(39)42)40-18-26(36-37-40)21-4-6-22(7-5-21)32(33,34)35/h3-8,17-18,23,27H,9-16H2,1-2H3. The number of hydrogen-bond acceptors (Lipinski definition) is 6. The van der Waals surface area contributed by atoms with E-state index in [1.165, 1.54) is 16.8 Å². The van der Waals surface area contributed by atoms with Gasteiger partial charge in [0.05, 0.1) is 11.8 Å². The highest BCUT2D eigenvalue weighted by Crippen LogP contribution is 2.32. The molecular weight excluding hydrogens is 575 g/mol. The summed E-state index contributed by atoms with van der Waals surface area (Å²) in [6.07, 6.45) is -0.491. The Balaban J connectivity index is 1.03. The number of piperidine rings is 1. The van der Waals surface area contributed by atoms with Gasteiger partial charge < -0.3 is 14.2 Å². The summed E-state index contributed by atoms with van der Waals surface area (Å²) in [6, 6.07) is 9.87. The highest BCUT2D eigenvalue weighted by molar-refractivity contribution is 5.83. The van der Waals surface area contributed by atoms with Crippen molar-refractivity contribution in [2.24, 2.45) is 0 Å². The molecule has 0 radical (unpaired) electrons. The summed E-state index contributed by atoms with van der Waals surface area (Å²) >= 11 is 0. The first-order chi connectivity index (χ1) is 21.0. The Kier molecular flexibility index (Phi) is 7.77. The maximum absolute atomic E-state index is 13.3. The van der Waals surface area contributed by atoms with Crippen molar-refractivity contribution in [3.63, 3.8) is 0 Å². The molecule has 2 aliphatic heterocycles. The fraction of sp³-hybridized carbons (Fsp3) is 0.406. The molecule has 2 aliphatic rings. The molecule has 0 saturated carbocycles. The Hall–Kier alpha value is -4.48. The largest absolute Gasteiger partial charge is 0.423 e. The lowest BCUT2D eigenvalue weighted by atomic mass is 10.00. The number of alkyl halides is 3. The molecule has 0 bridgehead atoms. The smallest absolute Gasteiger partial charge is 0.416 e. The van der Waals surface area contributed by atoms with Crippen LogP contribution in [0.2, 0.25) is 0 Å². The highest BCUT2D eigenvalue weighted by Gasteiger charge is 2.39. The van der Waals surface area contributed by atoms with Crippen LogP contribution in [0.4, 0.5) is 13.2 Å². The predicted octanol–water partition coefficient (Wildman–Crippen LogP) is 5.08. The number of rotatable bonds is 6. The van der Waals surface area contributed by atoms with Gasteiger partial charge in [0.25, 0.3) is 0 Å². The van der Waals surface area contributed by atoms with Gasteiger partial charge in [-0.1, -0.05) is 29.5 Å². The van der Waals surface area contributed by atoms with Crippen molar-refractivity contribution in [2.45, 2.75) is 64.2 Å². The van der Waals surface area contributed by atoms with Crippen LogP contribution in [0.1, 0.15) is 54.0 Å². The first-order valence-electron chi connectivity index (χ1n) is 14.7. The maximum Gasteiger partial charge on any atom is 0.416 e. The van der Waals surface area contributed by atoms with Gasteiger partial charge in [0.15, 0.2) is 0 Å². The Morgan fingerprint density at radius 2 is 1.73 bits per heavy atom. The second-order valence-corrected chi connectivity index (χ2v) is 11.6. The molecule has 4 aromatic rings. The van der Waals surface area contributed by atoms with Crippen molar-refractivity contribution in [3.05, 3.63) is 81.3 Å². The number of nitrogens with zero attached hydrogens (tertiary/aromatic N) is 5. The van der Waals surface area contributed by atoms with Crippen LogP contribution in [0.5, 0.6) is 0 Å². The lowest BCUT2D eigenvalue weighted by molar-refractivity contribution is -0.138. The molecule has 4 heterocycles. The lowest BCUT2D eigenvalue weighted by Crippen LogP contribution is -2.47. The molecule has 230 valence electrons. The lowest BCUT2D eigenvalue weighted by Gasteiger charge is -2.37. The Bertz CT molecular complexity index is 1770. The third-order valence-corrected chi connectivity index (χ3v) is 8.84. The van der Waals surface area contributed by atoms with Crippen molar-refractivity contribution < 1.29 is 27.2 Å². The zero-order chi connectivity index (χ0) is 31.2. The molecule has 0 spiro atoms. The Morgan fingerprint density at radius 1 is 1.00 bits per heavy atom. The summed E-state index contributed by atoms with van der Waals surface area (Å²) < 4.78 is 45.7. The van der Waals surface area contributed by atoms with E-state index >= 15 is 0 Å². The van der Waals surface area contributed by atoms with E-state index in [2.05, 4.69) is 10.3 Å². The number of aromatic nitrogens is 3. The number of amides is 2. The SMILES string of the molecule is Cc1ccc2c(C)c(CCC(=O)N3CCC(N4CCC(n5cc(-c6ccc(C(F)(F)F)cc6)nn5)C4=O)CC3)c(=O)oc2c1. The average molecular weight is 608 g/mol. The van der Waals surface area contributed by atoms with Crippen LogP contribution >= 0.6 is 0 Å². The Labute approximate surface area is 251 Å². The minimum absolute atomic E-state index is 0.00677. The number of hydrogen-bond donors (Lipinski definition) is 0. The van der Waals surface area contributed by atoms with E-state index in [0.717, 1.165) is 28.6 Å². The number of fused-ring (bicyclic) bond motifs is 1. The molecule has 12 heteroatoms. The van der Waals surface area contributed by atoms with Gasteiger partial charge in [0.2, 0.25) is 11.8 Å². The minimum Gasteiger partial charge on any atom is -0.423 e. The van der Waals surface area contributed by atoms with Crippen molar-refractivity contribution in [3.8, 4) is 11.3 Å². The number of aryl methyl sites for hydroxylation is 2. The van der Waals surface area contributed by atoms with Gasteiger partial charge in [0.1, 0.15) is 17.3 Å². The fourth-order valence-electron chi connectivity index (χ4n) is 6.29. The van der Waals surface area contributed by atoms with Crippen LogP contribution in [0, 0.1) is 13.8 Å². The van der Waals surface area contributed by atoms with Gasteiger partial charge in [-0.3, -0.25) is 9.59 Å².